The van der Waals surface area contributed by atoms with E-state index in [2.05, 4.69) is 36.5 Å². The lowest BCUT2D eigenvalue weighted by molar-refractivity contribution is -0.124. The van der Waals surface area contributed by atoms with Crippen LogP contribution in [0, 0.1) is 12.8 Å². The van der Waals surface area contributed by atoms with Crippen molar-refractivity contribution >= 4 is 18.3 Å². The summed E-state index contributed by atoms with van der Waals surface area (Å²) < 4.78 is 10.9. The third-order valence-electron chi connectivity index (χ3n) is 4.07. The van der Waals surface area contributed by atoms with E-state index in [0.29, 0.717) is 6.54 Å². The Labute approximate surface area is 144 Å². The number of carbonyl (C=O) groups excluding carboxylic acids is 1. The lowest BCUT2D eigenvalue weighted by Gasteiger charge is -2.32. The van der Waals surface area contributed by atoms with Crippen molar-refractivity contribution in [3.05, 3.63) is 35.4 Å². The van der Waals surface area contributed by atoms with Crippen molar-refractivity contribution in [1.82, 2.24) is 5.32 Å². The second-order valence-corrected chi connectivity index (χ2v) is 5.91. The number of ether oxygens (including phenoxy) is 2. The first kappa shape index (κ1) is 19.9. The van der Waals surface area contributed by atoms with Gasteiger partial charge in [-0.3, -0.25) is 4.79 Å². The van der Waals surface area contributed by atoms with Crippen molar-refractivity contribution in [1.29, 1.82) is 0 Å². The summed E-state index contributed by atoms with van der Waals surface area (Å²) in [7, 11) is 1.54. The van der Waals surface area contributed by atoms with Gasteiger partial charge in [0, 0.05) is 26.2 Å². The third kappa shape index (κ3) is 5.77. The van der Waals surface area contributed by atoms with Gasteiger partial charge in [0.2, 0.25) is 5.91 Å². The van der Waals surface area contributed by atoms with Crippen LogP contribution in [0.25, 0.3) is 0 Å². The predicted octanol–water partition coefficient (Wildman–Crippen LogP) is 1.97. The molecule has 1 fully saturated rings. The second kappa shape index (κ2) is 9.88. The molecule has 0 saturated carbocycles. The molecule has 130 valence electrons. The summed E-state index contributed by atoms with van der Waals surface area (Å²) in [6.07, 6.45) is 2.10. The minimum atomic E-state index is -0.618. The lowest BCUT2D eigenvalue weighted by atomic mass is 9.89. The Kier molecular flexibility index (Phi) is 8.55. The van der Waals surface area contributed by atoms with E-state index in [1.807, 2.05) is 0 Å². The van der Waals surface area contributed by atoms with Gasteiger partial charge in [-0.15, -0.1) is 12.4 Å². The zero-order valence-electron chi connectivity index (χ0n) is 13.8. The molecule has 6 heteroatoms. The molecule has 0 bridgehead atoms. The smallest absolute Gasteiger partial charge is 0.239 e. The van der Waals surface area contributed by atoms with Gasteiger partial charge in [-0.2, -0.15) is 0 Å². The van der Waals surface area contributed by atoms with Gasteiger partial charge in [0.15, 0.2) is 0 Å². The summed E-state index contributed by atoms with van der Waals surface area (Å²) in [6.45, 7) is 3.65. The number of hydrogen-bond donors (Lipinski definition) is 2. The zero-order chi connectivity index (χ0) is 15.9. The van der Waals surface area contributed by atoms with Gasteiger partial charge in [0.05, 0.1) is 12.7 Å². The van der Waals surface area contributed by atoms with Crippen LogP contribution < -0.4 is 11.1 Å². The summed E-state index contributed by atoms with van der Waals surface area (Å²) in [6, 6.07) is 7.79. The SMILES string of the molecule is COCC(N)C(=O)NCC1CCCOC1c1ccc(C)cc1.Cl. The Morgan fingerprint density at radius 2 is 2.13 bits per heavy atom. The van der Waals surface area contributed by atoms with Crippen LogP contribution in [0.5, 0.6) is 0 Å². The van der Waals surface area contributed by atoms with E-state index in [1.165, 1.54) is 18.2 Å². The number of halogens is 1. The molecule has 1 aliphatic heterocycles. The number of methoxy groups -OCH3 is 1. The molecule has 0 aliphatic carbocycles. The number of nitrogens with two attached hydrogens (primary N) is 1. The Bertz CT molecular complexity index is 481. The molecule has 1 aliphatic rings. The predicted molar refractivity (Wildman–Crippen MR) is 92.7 cm³/mol. The van der Waals surface area contributed by atoms with E-state index in [-0.39, 0.29) is 36.9 Å². The van der Waals surface area contributed by atoms with Crippen LogP contribution in [0.15, 0.2) is 24.3 Å². The van der Waals surface area contributed by atoms with E-state index in [9.17, 15) is 4.79 Å². The number of benzene rings is 1. The van der Waals surface area contributed by atoms with Crippen molar-refractivity contribution in [2.75, 3.05) is 26.9 Å². The zero-order valence-corrected chi connectivity index (χ0v) is 14.6. The lowest BCUT2D eigenvalue weighted by Crippen LogP contribution is -2.46. The molecule has 2 rings (SSSR count). The van der Waals surface area contributed by atoms with E-state index in [4.69, 9.17) is 15.2 Å². The van der Waals surface area contributed by atoms with Crippen LogP contribution in [0.4, 0.5) is 0 Å². The molecule has 3 atom stereocenters. The molecule has 0 spiro atoms. The average molecular weight is 343 g/mol. The summed E-state index contributed by atoms with van der Waals surface area (Å²) >= 11 is 0. The highest BCUT2D eigenvalue weighted by Crippen LogP contribution is 2.33. The van der Waals surface area contributed by atoms with Gasteiger partial charge in [-0.1, -0.05) is 29.8 Å². The van der Waals surface area contributed by atoms with Crippen LogP contribution in [0.2, 0.25) is 0 Å². The summed E-state index contributed by atoms with van der Waals surface area (Å²) in [4.78, 5) is 11.9. The van der Waals surface area contributed by atoms with Gasteiger partial charge in [0.1, 0.15) is 6.04 Å². The molecule has 3 N–H and O–H groups in total. The van der Waals surface area contributed by atoms with E-state index < -0.39 is 6.04 Å². The average Bonchev–Trinajstić information content (AvgIpc) is 2.54. The number of carbonyl (C=O) groups is 1. The van der Waals surface area contributed by atoms with Gasteiger partial charge in [0.25, 0.3) is 0 Å². The molecule has 3 unspecified atom stereocenters. The van der Waals surface area contributed by atoms with Crippen molar-refractivity contribution in [3.8, 4) is 0 Å². The Morgan fingerprint density at radius 3 is 2.78 bits per heavy atom. The first-order valence-electron chi connectivity index (χ1n) is 7.82. The quantitative estimate of drug-likeness (QED) is 0.829. The normalized spacial score (nSPS) is 22.0. The monoisotopic (exact) mass is 342 g/mol. The van der Waals surface area contributed by atoms with Crippen LogP contribution >= 0.6 is 12.4 Å². The van der Waals surface area contributed by atoms with Crippen LogP contribution in [0.3, 0.4) is 0 Å². The Balaban J connectivity index is 0.00000264. The van der Waals surface area contributed by atoms with Gasteiger partial charge in [-0.25, -0.2) is 0 Å². The number of amides is 1. The van der Waals surface area contributed by atoms with E-state index in [0.717, 1.165) is 19.4 Å². The maximum absolute atomic E-state index is 11.9. The topological polar surface area (TPSA) is 73.6 Å². The molecule has 1 heterocycles. The summed E-state index contributed by atoms with van der Waals surface area (Å²) in [5, 5.41) is 2.92. The van der Waals surface area contributed by atoms with E-state index >= 15 is 0 Å². The van der Waals surface area contributed by atoms with Crippen molar-refractivity contribution in [2.24, 2.45) is 11.7 Å². The minimum absolute atomic E-state index is 0. The number of hydrogen-bond acceptors (Lipinski definition) is 4. The fourth-order valence-corrected chi connectivity index (χ4v) is 2.79. The molecule has 1 aromatic carbocycles. The van der Waals surface area contributed by atoms with Crippen LogP contribution in [-0.2, 0) is 14.3 Å². The molecular formula is C17H27ClN2O3. The largest absolute Gasteiger partial charge is 0.383 e. The van der Waals surface area contributed by atoms with Crippen molar-refractivity contribution in [3.63, 3.8) is 0 Å². The standard InChI is InChI=1S/C17H26N2O3.ClH/c1-12-5-7-13(8-6-12)16-14(4-3-9-22-16)10-19-17(20)15(18)11-21-2;/h5-8,14-16H,3-4,9-11,18H2,1-2H3,(H,19,20);1H. The fraction of sp³-hybridized carbons (Fsp3) is 0.588. The van der Waals surface area contributed by atoms with Crippen molar-refractivity contribution < 1.29 is 14.3 Å². The third-order valence-corrected chi connectivity index (χ3v) is 4.07. The summed E-state index contributed by atoms with van der Waals surface area (Å²) in [5.41, 5.74) is 8.14. The molecule has 0 aromatic heterocycles. The Morgan fingerprint density at radius 1 is 1.43 bits per heavy atom. The fourth-order valence-electron chi connectivity index (χ4n) is 2.79. The van der Waals surface area contributed by atoms with Crippen LogP contribution in [-0.4, -0.2) is 38.8 Å². The summed E-state index contributed by atoms with van der Waals surface area (Å²) in [5.74, 6) is 0.102. The maximum atomic E-state index is 11.9. The molecular weight excluding hydrogens is 316 g/mol. The first-order valence-corrected chi connectivity index (χ1v) is 7.82. The van der Waals surface area contributed by atoms with Gasteiger partial charge in [-0.05, 0) is 25.3 Å². The molecule has 0 radical (unpaired) electrons. The molecule has 1 saturated heterocycles. The van der Waals surface area contributed by atoms with Crippen LogP contribution in [0.1, 0.15) is 30.1 Å². The number of rotatable bonds is 6. The second-order valence-electron chi connectivity index (χ2n) is 5.91. The minimum Gasteiger partial charge on any atom is -0.383 e. The highest BCUT2D eigenvalue weighted by atomic mass is 35.5. The maximum Gasteiger partial charge on any atom is 0.239 e. The highest BCUT2D eigenvalue weighted by Gasteiger charge is 2.28. The molecule has 23 heavy (non-hydrogen) atoms. The number of nitrogens with one attached hydrogen (secondary N) is 1. The number of aryl methyl sites for hydroxylation is 1. The molecule has 1 amide bonds. The van der Waals surface area contributed by atoms with Gasteiger partial charge >= 0.3 is 0 Å². The van der Waals surface area contributed by atoms with E-state index in [1.54, 1.807) is 0 Å². The molecule has 5 nitrogen and oxygen atoms in total. The molecule has 1 aromatic rings. The van der Waals surface area contributed by atoms with Gasteiger partial charge < -0.3 is 20.5 Å². The highest BCUT2D eigenvalue weighted by molar-refractivity contribution is 5.85. The Hall–Kier alpha value is -1.14. The van der Waals surface area contributed by atoms with Crippen molar-refractivity contribution in [2.45, 2.75) is 31.9 Å². The first-order chi connectivity index (χ1) is 10.6.